The summed E-state index contributed by atoms with van der Waals surface area (Å²) in [6.45, 7) is 2.79. The molecule has 5 heteroatoms. The zero-order valence-electron chi connectivity index (χ0n) is 13.2. The van der Waals surface area contributed by atoms with Crippen molar-refractivity contribution in [2.45, 2.75) is 13.2 Å². The van der Waals surface area contributed by atoms with Crippen molar-refractivity contribution >= 4 is 11.0 Å². The van der Waals surface area contributed by atoms with E-state index in [1.54, 1.807) is 18.2 Å². The van der Waals surface area contributed by atoms with E-state index in [1.165, 1.54) is 6.07 Å². The molecule has 4 rings (SSSR count). The van der Waals surface area contributed by atoms with Crippen LogP contribution in [-0.2, 0) is 4.74 Å². The fourth-order valence-electron chi connectivity index (χ4n) is 2.72. The topological polar surface area (TPSA) is 57.9 Å². The third-order valence-corrected chi connectivity index (χ3v) is 3.85. The Morgan fingerprint density at radius 1 is 1.12 bits per heavy atom. The zero-order valence-corrected chi connectivity index (χ0v) is 13.2. The van der Waals surface area contributed by atoms with Gasteiger partial charge in [0.2, 0.25) is 6.29 Å². The van der Waals surface area contributed by atoms with Crippen molar-refractivity contribution in [3.05, 3.63) is 58.8 Å². The molecule has 1 aliphatic heterocycles. The number of hydrogen-bond donors (Lipinski definition) is 0. The van der Waals surface area contributed by atoms with Gasteiger partial charge in [-0.2, -0.15) is 0 Å². The Labute approximate surface area is 138 Å². The molecular weight excluding hydrogens is 308 g/mol. The highest BCUT2D eigenvalue weighted by Crippen LogP contribution is 2.36. The molecule has 1 aliphatic rings. The first kappa shape index (κ1) is 14.8. The van der Waals surface area contributed by atoms with Gasteiger partial charge < -0.3 is 18.6 Å². The highest BCUT2D eigenvalue weighted by Gasteiger charge is 2.22. The van der Waals surface area contributed by atoms with Crippen LogP contribution in [0.5, 0.6) is 11.5 Å². The smallest absolute Gasteiger partial charge is 0.234 e. The monoisotopic (exact) mass is 324 g/mol. The summed E-state index contributed by atoms with van der Waals surface area (Å²) < 4.78 is 22.7. The van der Waals surface area contributed by atoms with Gasteiger partial charge >= 0.3 is 0 Å². The van der Waals surface area contributed by atoms with Crippen LogP contribution in [0.1, 0.15) is 6.92 Å². The molecule has 122 valence electrons. The van der Waals surface area contributed by atoms with Gasteiger partial charge in [0.1, 0.15) is 11.3 Å². The molecule has 1 unspecified atom stereocenters. The lowest BCUT2D eigenvalue weighted by Crippen LogP contribution is -2.31. The maximum atomic E-state index is 12.2. The summed E-state index contributed by atoms with van der Waals surface area (Å²) >= 11 is 0. The molecule has 2 heterocycles. The Bertz CT molecular complexity index is 944. The van der Waals surface area contributed by atoms with Crippen molar-refractivity contribution in [1.82, 2.24) is 0 Å². The summed E-state index contributed by atoms with van der Waals surface area (Å²) in [7, 11) is 0. The molecule has 0 saturated carbocycles. The first-order valence-electron chi connectivity index (χ1n) is 7.83. The van der Waals surface area contributed by atoms with Crippen molar-refractivity contribution in [3.63, 3.8) is 0 Å². The largest absolute Gasteiger partial charge is 0.483 e. The minimum absolute atomic E-state index is 0.0712. The van der Waals surface area contributed by atoms with Crippen LogP contribution in [0, 0.1) is 0 Å². The van der Waals surface area contributed by atoms with Gasteiger partial charge in [-0.3, -0.25) is 4.79 Å². The molecule has 5 nitrogen and oxygen atoms in total. The van der Waals surface area contributed by atoms with Gasteiger partial charge in [0, 0.05) is 18.2 Å². The Morgan fingerprint density at radius 2 is 2.00 bits per heavy atom. The number of para-hydroxylation sites is 1. The number of fused-ring (bicyclic) bond motifs is 2. The lowest BCUT2D eigenvalue weighted by molar-refractivity contribution is -0.112. The van der Waals surface area contributed by atoms with Gasteiger partial charge in [-0.05, 0) is 37.3 Å². The molecule has 0 saturated heterocycles. The third-order valence-electron chi connectivity index (χ3n) is 3.85. The van der Waals surface area contributed by atoms with E-state index in [0.717, 1.165) is 5.56 Å². The van der Waals surface area contributed by atoms with Crippen molar-refractivity contribution in [3.8, 4) is 22.8 Å². The molecule has 0 fully saturated rings. The molecule has 24 heavy (non-hydrogen) atoms. The minimum atomic E-state index is -0.396. The van der Waals surface area contributed by atoms with E-state index in [9.17, 15) is 4.79 Å². The van der Waals surface area contributed by atoms with Gasteiger partial charge in [-0.25, -0.2) is 0 Å². The summed E-state index contributed by atoms with van der Waals surface area (Å²) in [6.07, 6.45) is -0.396. The van der Waals surface area contributed by atoms with E-state index in [0.29, 0.717) is 41.4 Å². The van der Waals surface area contributed by atoms with E-state index in [-0.39, 0.29) is 5.43 Å². The fraction of sp³-hybridized carbons (Fsp3) is 0.211. The minimum Gasteiger partial charge on any atom is -0.483 e. The van der Waals surface area contributed by atoms with Gasteiger partial charge in [-0.15, -0.1) is 0 Å². The van der Waals surface area contributed by atoms with Crippen molar-refractivity contribution in [2.24, 2.45) is 0 Å². The van der Waals surface area contributed by atoms with Crippen molar-refractivity contribution in [2.75, 3.05) is 13.2 Å². The molecule has 0 aliphatic carbocycles. The Kier molecular flexibility index (Phi) is 3.70. The average Bonchev–Trinajstić information content (AvgIpc) is 2.61. The van der Waals surface area contributed by atoms with Crippen LogP contribution in [0.2, 0.25) is 0 Å². The second kappa shape index (κ2) is 6.02. The van der Waals surface area contributed by atoms with Crippen molar-refractivity contribution in [1.29, 1.82) is 0 Å². The number of benzene rings is 2. The van der Waals surface area contributed by atoms with E-state index in [1.807, 2.05) is 31.2 Å². The molecular formula is C19H16O5. The Hall–Kier alpha value is -2.79. The first-order valence-corrected chi connectivity index (χ1v) is 7.83. The summed E-state index contributed by atoms with van der Waals surface area (Å²) in [5, 5.41) is 0.568. The maximum absolute atomic E-state index is 12.2. The van der Waals surface area contributed by atoms with Crippen LogP contribution in [0.25, 0.3) is 22.3 Å². The summed E-state index contributed by atoms with van der Waals surface area (Å²) in [5.41, 5.74) is 1.25. The average molecular weight is 324 g/mol. The molecule has 0 radical (unpaired) electrons. The van der Waals surface area contributed by atoms with Crippen LogP contribution in [-0.4, -0.2) is 19.5 Å². The number of rotatable bonds is 3. The Morgan fingerprint density at radius 3 is 2.88 bits per heavy atom. The summed E-state index contributed by atoms with van der Waals surface area (Å²) in [5.74, 6) is 1.72. The summed E-state index contributed by atoms with van der Waals surface area (Å²) in [6, 6.07) is 14.1. The predicted octanol–water partition coefficient (Wildman–Crippen LogP) is 3.59. The van der Waals surface area contributed by atoms with Crippen LogP contribution in [0.3, 0.4) is 0 Å². The van der Waals surface area contributed by atoms with E-state index in [4.69, 9.17) is 18.6 Å². The quantitative estimate of drug-likeness (QED) is 0.737. The third kappa shape index (κ3) is 2.63. The van der Waals surface area contributed by atoms with Gasteiger partial charge in [0.25, 0.3) is 0 Å². The highest BCUT2D eigenvalue weighted by molar-refractivity contribution is 5.78. The Balaban J connectivity index is 1.72. The van der Waals surface area contributed by atoms with E-state index in [2.05, 4.69) is 0 Å². The molecule has 0 amide bonds. The number of hydrogen-bond acceptors (Lipinski definition) is 5. The first-order chi connectivity index (χ1) is 11.7. The van der Waals surface area contributed by atoms with E-state index < -0.39 is 6.29 Å². The van der Waals surface area contributed by atoms with Gasteiger partial charge in [0.15, 0.2) is 23.5 Å². The molecule has 0 N–H and O–H groups in total. The second-order valence-electron chi connectivity index (χ2n) is 5.45. The maximum Gasteiger partial charge on any atom is 0.234 e. The standard InChI is InChI=1S/C19H16O5/c1-2-21-19-11-22-18-9-12(7-8-16(18)24-19)17-10-14(20)13-5-3-4-6-15(13)23-17/h3-10,19H,2,11H2,1H3. The van der Waals surface area contributed by atoms with Crippen molar-refractivity contribution < 1.29 is 18.6 Å². The molecule has 1 atom stereocenters. The molecule has 2 aromatic carbocycles. The zero-order chi connectivity index (χ0) is 16.5. The molecule has 1 aromatic heterocycles. The molecule has 0 bridgehead atoms. The van der Waals surface area contributed by atoms with E-state index >= 15 is 0 Å². The van der Waals surface area contributed by atoms with Gasteiger partial charge in [0.05, 0.1) is 5.39 Å². The fourth-order valence-corrected chi connectivity index (χ4v) is 2.72. The lowest BCUT2D eigenvalue weighted by Gasteiger charge is -2.26. The van der Waals surface area contributed by atoms with Crippen LogP contribution in [0.4, 0.5) is 0 Å². The normalized spacial score (nSPS) is 16.3. The van der Waals surface area contributed by atoms with Gasteiger partial charge in [-0.1, -0.05) is 12.1 Å². The van der Waals surface area contributed by atoms with Crippen LogP contribution < -0.4 is 14.9 Å². The van der Waals surface area contributed by atoms with Crippen LogP contribution >= 0.6 is 0 Å². The predicted molar refractivity (Wildman–Crippen MR) is 89.5 cm³/mol. The second-order valence-corrected chi connectivity index (χ2v) is 5.45. The SMILES string of the molecule is CCOC1COc2cc(-c3cc(=O)c4ccccc4o3)ccc2O1. The lowest BCUT2D eigenvalue weighted by atomic mass is 10.1. The summed E-state index contributed by atoms with van der Waals surface area (Å²) in [4.78, 5) is 12.2. The van der Waals surface area contributed by atoms with Crippen LogP contribution in [0.15, 0.2) is 57.7 Å². The molecule has 3 aromatic rings. The molecule has 0 spiro atoms. The highest BCUT2D eigenvalue weighted by atomic mass is 16.7. The number of ether oxygens (including phenoxy) is 3.